The fourth-order valence-electron chi connectivity index (χ4n) is 3.94. The predicted molar refractivity (Wildman–Crippen MR) is 129 cm³/mol. The number of carbonyl (C=O) groups excluding carboxylic acids is 2. The molecule has 1 atom stereocenters. The average Bonchev–Trinajstić information content (AvgIpc) is 3.43. The van der Waals surface area contributed by atoms with Crippen LogP contribution in [-0.4, -0.2) is 41.0 Å². The number of likely N-dealkylation sites (tertiary alicyclic amines) is 1. The lowest BCUT2D eigenvalue weighted by molar-refractivity contribution is -0.140. The Kier molecular flexibility index (Phi) is 6.89. The van der Waals surface area contributed by atoms with E-state index in [0.29, 0.717) is 11.3 Å². The molecule has 1 amide bonds. The van der Waals surface area contributed by atoms with Crippen molar-refractivity contribution in [2.75, 3.05) is 14.2 Å². The summed E-state index contributed by atoms with van der Waals surface area (Å²) in [5.41, 5.74) is 0.0952. The Morgan fingerprint density at radius 2 is 1.77 bits per heavy atom. The van der Waals surface area contributed by atoms with Gasteiger partial charge in [0.05, 0.1) is 54.3 Å². The van der Waals surface area contributed by atoms with Gasteiger partial charge in [0.1, 0.15) is 22.3 Å². The van der Waals surface area contributed by atoms with Crippen LogP contribution in [0.5, 0.6) is 17.2 Å². The van der Waals surface area contributed by atoms with E-state index in [-0.39, 0.29) is 50.0 Å². The fraction of sp³-hybridized carbons (Fsp3) is 0.167. The second-order valence-corrected chi connectivity index (χ2v) is 8.70. The van der Waals surface area contributed by atoms with Crippen LogP contribution in [0.4, 0.5) is 0 Å². The van der Waals surface area contributed by atoms with Crippen molar-refractivity contribution >= 4 is 52.3 Å². The van der Waals surface area contributed by atoms with Gasteiger partial charge in [-0.3, -0.25) is 9.59 Å². The SMILES string of the molecule is COc1c(Cl)cc(/C(O)=C2\C(=O)C(=O)N(Cc3ccco3)C2c2ccc(O)c(Cl)c2)c(OC)c1Cl. The molecule has 3 aromatic rings. The normalized spacial score (nSPS) is 17.2. The number of aliphatic hydroxyl groups excluding tert-OH is 1. The van der Waals surface area contributed by atoms with Crippen LogP contribution in [0, 0.1) is 0 Å². The highest BCUT2D eigenvalue weighted by atomic mass is 35.5. The molecule has 0 saturated carbocycles. The smallest absolute Gasteiger partial charge is 0.296 e. The lowest BCUT2D eigenvalue weighted by Crippen LogP contribution is -2.29. The number of amides is 1. The van der Waals surface area contributed by atoms with E-state index in [4.69, 9.17) is 48.7 Å². The van der Waals surface area contributed by atoms with Gasteiger partial charge in [0.25, 0.3) is 11.7 Å². The van der Waals surface area contributed by atoms with Gasteiger partial charge >= 0.3 is 0 Å². The molecule has 4 rings (SSSR count). The highest BCUT2D eigenvalue weighted by molar-refractivity contribution is 6.47. The van der Waals surface area contributed by atoms with E-state index in [0.717, 1.165) is 0 Å². The van der Waals surface area contributed by atoms with E-state index in [1.54, 1.807) is 12.1 Å². The van der Waals surface area contributed by atoms with Gasteiger partial charge in [-0.1, -0.05) is 40.9 Å². The number of ketones is 1. The maximum Gasteiger partial charge on any atom is 0.296 e. The van der Waals surface area contributed by atoms with E-state index < -0.39 is 23.5 Å². The maximum atomic E-state index is 13.2. The summed E-state index contributed by atoms with van der Waals surface area (Å²) in [6.45, 7) is -0.0707. The topological polar surface area (TPSA) is 109 Å². The minimum atomic E-state index is -1.08. The second kappa shape index (κ2) is 9.73. The molecule has 35 heavy (non-hydrogen) atoms. The molecular formula is C24H18Cl3NO7. The summed E-state index contributed by atoms with van der Waals surface area (Å²) in [4.78, 5) is 27.6. The number of benzene rings is 2. The Morgan fingerprint density at radius 1 is 1.06 bits per heavy atom. The zero-order valence-corrected chi connectivity index (χ0v) is 20.6. The average molecular weight is 539 g/mol. The number of hydrogen-bond donors (Lipinski definition) is 2. The number of hydrogen-bond acceptors (Lipinski definition) is 7. The van der Waals surface area contributed by atoms with Crippen molar-refractivity contribution in [1.29, 1.82) is 0 Å². The molecule has 1 aromatic heterocycles. The van der Waals surface area contributed by atoms with Crippen LogP contribution in [0.1, 0.15) is 22.9 Å². The first-order valence-corrected chi connectivity index (χ1v) is 11.2. The Labute approximate surface area is 214 Å². The van der Waals surface area contributed by atoms with E-state index >= 15 is 0 Å². The third-order valence-electron chi connectivity index (χ3n) is 5.53. The highest BCUT2D eigenvalue weighted by Crippen LogP contribution is 2.48. The number of nitrogens with zero attached hydrogens (tertiary/aromatic N) is 1. The van der Waals surface area contributed by atoms with Crippen LogP contribution in [0.3, 0.4) is 0 Å². The van der Waals surface area contributed by atoms with Gasteiger partial charge in [-0.15, -0.1) is 0 Å². The number of rotatable bonds is 6. The van der Waals surface area contributed by atoms with Crippen molar-refractivity contribution in [1.82, 2.24) is 4.90 Å². The molecular weight excluding hydrogens is 521 g/mol. The molecule has 11 heteroatoms. The van der Waals surface area contributed by atoms with Gasteiger partial charge in [0.15, 0.2) is 11.5 Å². The van der Waals surface area contributed by atoms with Crippen molar-refractivity contribution in [2.24, 2.45) is 0 Å². The van der Waals surface area contributed by atoms with Gasteiger partial charge in [0, 0.05) is 0 Å². The summed E-state index contributed by atoms with van der Waals surface area (Å²) in [6.07, 6.45) is 1.44. The number of furan rings is 1. The minimum Gasteiger partial charge on any atom is -0.507 e. The summed E-state index contributed by atoms with van der Waals surface area (Å²) in [5, 5.41) is 21.3. The van der Waals surface area contributed by atoms with Crippen molar-refractivity contribution in [3.05, 3.63) is 80.2 Å². The summed E-state index contributed by atoms with van der Waals surface area (Å²) in [5.74, 6) is -2.06. The van der Waals surface area contributed by atoms with Crippen LogP contribution in [0.25, 0.3) is 5.76 Å². The number of aromatic hydroxyl groups is 1. The molecule has 0 aliphatic carbocycles. The Bertz CT molecular complexity index is 1350. The molecule has 2 heterocycles. The highest BCUT2D eigenvalue weighted by Gasteiger charge is 2.47. The molecule has 1 saturated heterocycles. The molecule has 0 spiro atoms. The molecule has 1 aliphatic rings. The molecule has 0 radical (unpaired) electrons. The second-order valence-electron chi connectivity index (χ2n) is 7.50. The molecule has 8 nitrogen and oxygen atoms in total. The van der Waals surface area contributed by atoms with Crippen molar-refractivity contribution in [3.63, 3.8) is 0 Å². The van der Waals surface area contributed by atoms with E-state index in [1.807, 2.05) is 0 Å². The molecule has 2 aromatic carbocycles. The number of ether oxygens (including phenoxy) is 2. The van der Waals surface area contributed by atoms with Crippen LogP contribution >= 0.6 is 34.8 Å². The van der Waals surface area contributed by atoms with Crippen LogP contribution in [0.2, 0.25) is 15.1 Å². The van der Waals surface area contributed by atoms with E-state index in [1.165, 1.54) is 49.6 Å². The van der Waals surface area contributed by atoms with Crippen LogP contribution < -0.4 is 9.47 Å². The number of phenolic OH excluding ortho intramolecular Hbond substituents is 1. The summed E-state index contributed by atoms with van der Waals surface area (Å²) < 4.78 is 15.9. The lowest BCUT2D eigenvalue weighted by Gasteiger charge is -2.25. The third-order valence-corrected chi connectivity index (χ3v) is 6.46. The van der Waals surface area contributed by atoms with Gasteiger partial charge in [-0.2, -0.15) is 0 Å². The van der Waals surface area contributed by atoms with E-state index in [2.05, 4.69) is 0 Å². The number of methoxy groups -OCH3 is 2. The Hall–Kier alpha value is -3.33. The zero-order chi connectivity index (χ0) is 25.4. The predicted octanol–water partition coefficient (Wildman–Crippen LogP) is 5.58. The molecule has 2 N–H and O–H groups in total. The minimum absolute atomic E-state index is 0.000738. The quantitative estimate of drug-likeness (QED) is 0.239. The first-order valence-electron chi connectivity index (χ1n) is 10.1. The lowest BCUT2D eigenvalue weighted by atomic mass is 9.94. The standard InChI is InChI=1S/C24H18Cl3NO7/c1-33-22-13(9-15(26)23(34-2)18(22)27)20(30)17-19(11-5-6-16(29)14(25)8-11)28(24(32)21(17)31)10-12-4-3-7-35-12/h3-9,19,29-30H,10H2,1-2H3/b20-17+. The molecule has 1 unspecified atom stereocenters. The van der Waals surface area contributed by atoms with Crippen molar-refractivity contribution < 1.29 is 33.7 Å². The summed E-state index contributed by atoms with van der Waals surface area (Å²) in [7, 11) is 2.68. The monoisotopic (exact) mass is 537 g/mol. The molecule has 0 bridgehead atoms. The van der Waals surface area contributed by atoms with Gasteiger partial charge in [-0.25, -0.2) is 0 Å². The largest absolute Gasteiger partial charge is 0.507 e. The van der Waals surface area contributed by atoms with Crippen molar-refractivity contribution in [2.45, 2.75) is 12.6 Å². The number of halogens is 3. The fourth-order valence-corrected chi connectivity index (χ4v) is 4.82. The maximum absolute atomic E-state index is 13.2. The summed E-state index contributed by atoms with van der Waals surface area (Å²) in [6, 6.07) is 7.75. The molecule has 1 aliphatic heterocycles. The third kappa shape index (κ3) is 4.29. The van der Waals surface area contributed by atoms with Gasteiger partial charge < -0.3 is 29.0 Å². The number of carbonyl (C=O) groups is 2. The first kappa shape index (κ1) is 24.8. The number of Topliss-reactive ketones (excluding diaryl/α,β-unsaturated/α-hetero) is 1. The molecule has 1 fully saturated rings. The number of phenols is 1. The van der Waals surface area contributed by atoms with Crippen LogP contribution in [0.15, 0.2) is 52.7 Å². The van der Waals surface area contributed by atoms with Crippen LogP contribution in [-0.2, 0) is 16.1 Å². The Balaban J connectivity index is 1.97. The molecule has 182 valence electrons. The first-order chi connectivity index (χ1) is 16.7. The van der Waals surface area contributed by atoms with Gasteiger partial charge in [-0.05, 0) is 35.9 Å². The van der Waals surface area contributed by atoms with Gasteiger partial charge in [0.2, 0.25) is 0 Å². The van der Waals surface area contributed by atoms with Crippen molar-refractivity contribution in [3.8, 4) is 17.2 Å². The summed E-state index contributed by atoms with van der Waals surface area (Å²) >= 11 is 18.8. The Morgan fingerprint density at radius 3 is 2.37 bits per heavy atom. The van der Waals surface area contributed by atoms with E-state index in [9.17, 15) is 19.8 Å². The zero-order valence-electron chi connectivity index (χ0n) is 18.3. The number of aliphatic hydroxyl groups is 1.